The van der Waals surface area contributed by atoms with Gasteiger partial charge in [-0.2, -0.15) is 55.7 Å². The van der Waals surface area contributed by atoms with E-state index in [-0.39, 0.29) is 73.7 Å². The van der Waals surface area contributed by atoms with Gasteiger partial charge in [0.15, 0.2) is 0 Å². The molecule has 0 aromatic carbocycles. The van der Waals surface area contributed by atoms with Gasteiger partial charge in [-0.05, 0) is 51.0 Å². The van der Waals surface area contributed by atoms with Gasteiger partial charge in [0.05, 0.1) is 0 Å². The number of ketones is 4. The van der Waals surface area contributed by atoms with E-state index < -0.39 is 0 Å². The van der Waals surface area contributed by atoms with Crippen LogP contribution >= 0.6 is 48.8 Å². The van der Waals surface area contributed by atoms with Crippen LogP contribution in [0.25, 0.3) is 0 Å². The molecule has 0 aromatic rings. The average Bonchev–Trinajstić information content (AvgIpc) is 2.86. The topological polar surface area (TPSA) is 68.3 Å². The van der Waals surface area contributed by atoms with E-state index in [0.717, 1.165) is 35.9 Å². The number of thioether (sulfide) groups is 2. The second-order valence-corrected chi connectivity index (χ2v) is 11.2. The molecule has 211 valence electrons. The van der Waals surface area contributed by atoms with Crippen molar-refractivity contribution in [1.82, 2.24) is 0 Å². The molecular formula is C27H51O4S4Y-. The Morgan fingerprint density at radius 3 is 1.94 bits per heavy atom. The number of rotatable bonds is 10. The second kappa shape index (κ2) is 30.7. The van der Waals surface area contributed by atoms with Crippen molar-refractivity contribution in [2.24, 2.45) is 23.7 Å². The van der Waals surface area contributed by atoms with Crippen LogP contribution in [-0.4, -0.2) is 51.2 Å². The first-order valence-electron chi connectivity index (χ1n) is 12.9. The maximum absolute atomic E-state index is 11.9. The molecule has 0 bridgehead atoms. The van der Waals surface area contributed by atoms with Crippen molar-refractivity contribution in [2.75, 3.05) is 28.1 Å². The molecule has 1 heterocycles. The molecule has 1 radical (unpaired) electrons. The Bertz CT molecular complexity index is 572. The van der Waals surface area contributed by atoms with E-state index in [9.17, 15) is 19.2 Å². The Hall–Kier alpha value is 1.18. The van der Waals surface area contributed by atoms with E-state index in [1.807, 2.05) is 44.3 Å². The van der Waals surface area contributed by atoms with Gasteiger partial charge in [0.25, 0.3) is 0 Å². The van der Waals surface area contributed by atoms with Crippen LogP contribution in [0.3, 0.4) is 0 Å². The van der Waals surface area contributed by atoms with Crippen molar-refractivity contribution < 1.29 is 51.9 Å². The second-order valence-electron chi connectivity index (χ2n) is 8.06. The summed E-state index contributed by atoms with van der Waals surface area (Å²) < 4.78 is 0. The Balaban J connectivity index is -0.000000244. The molecule has 0 aliphatic carbocycles. The zero-order valence-electron chi connectivity index (χ0n) is 23.7. The van der Waals surface area contributed by atoms with Gasteiger partial charge >= 0.3 is 0 Å². The molecule has 4 atom stereocenters. The summed E-state index contributed by atoms with van der Waals surface area (Å²) in [5.74, 6) is 4.15. The number of carbonyl (C=O) groups is 4. The van der Waals surface area contributed by atoms with Crippen LogP contribution in [-0.2, 0) is 51.9 Å². The fraction of sp³-hybridized carbons (Fsp3) is 0.815. The summed E-state index contributed by atoms with van der Waals surface area (Å²) in [5.41, 5.74) is 0. The van der Waals surface area contributed by atoms with Crippen LogP contribution in [0.5, 0.6) is 0 Å². The van der Waals surface area contributed by atoms with Crippen molar-refractivity contribution in [3.8, 4) is 0 Å². The maximum atomic E-state index is 11.9. The van der Waals surface area contributed by atoms with E-state index >= 15 is 0 Å². The van der Waals surface area contributed by atoms with Crippen LogP contribution in [0.15, 0.2) is 0 Å². The van der Waals surface area contributed by atoms with Crippen molar-refractivity contribution in [1.29, 1.82) is 0 Å². The van der Waals surface area contributed by atoms with Gasteiger partial charge in [0.1, 0.15) is 23.1 Å². The molecule has 1 rings (SSSR count). The van der Waals surface area contributed by atoms with Crippen molar-refractivity contribution >= 4 is 71.9 Å². The summed E-state index contributed by atoms with van der Waals surface area (Å²) in [7, 11) is 0. The third-order valence-electron chi connectivity index (χ3n) is 5.77. The molecule has 0 aromatic heterocycles. The first-order chi connectivity index (χ1) is 16.7. The number of hydrogen-bond donors (Lipinski definition) is 2. The van der Waals surface area contributed by atoms with Gasteiger partial charge in [-0.25, -0.2) is 0 Å². The Labute approximate surface area is 267 Å². The molecule has 0 unspecified atom stereocenters. The number of hydrogen-bond acceptors (Lipinski definition) is 8. The molecule has 0 spiro atoms. The Morgan fingerprint density at radius 1 is 1.00 bits per heavy atom. The number of Topliss-reactive ketones (excluding diaryl/α,β-unsaturated/α-hetero) is 4. The molecule has 0 N–H and O–H groups in total. The standard InChI is InChI=1S/C12H20O2S2.C11H20O2S2.C2H6.C2H5.Y/c1-3-10-6-15-8-16-7-11(9(2)13)4-5-12(10)14;1-3-9(6-14)11(13)5-4-10(7-15)8(2)12;2*1-2;/h10-11H,3-8H2,1-2H3;9-10,14-15H,3-7H2,1-2H3;1-2H3;1H2,2H3;/q;;;-1;/t10-,11-;9-,10-;;;/m00.../s1. The fourth-order valence-electron chi connectivity index (χ4n) is 3.21. The van der Waals surface area contributed by atoms with E-state index in [0.29, 0.717) is 36.6 Å². The fourth-order valence-corrected chi connectivity index (χ4v) is 6.74. The minimum absolute atomic E-state index is 0. The van der Waals surface area contributed by atoms with Crippen LogP contribution in [0.1, 0.15) is 87.0 Å². The van der Waals surface area contributed by atoms with Gasteiger partial charge in [0.2, 0.25) is 0 Å². The minimum atomic E-state index is -0.0743. The molecule has 0 saturated carbocycles. The van der Waals surface area contributed by atoms with Crippen LogP contribution in [0.4, 0.5) is 0 Å². The van der Waals surface area contributed by atoms with E-state index in [1.54, 1.807) is 20.8 Å². The van der Waals surface area contributed by atoms with Crippen molar-refractivity contribution in [2.45, 2.75) is 87.0 Å². The van der Waals surface area contributed by atoms with Gasteiger partial charge in [0, 0.05) is 85.8 Å². The van der Waals surface area contributed by atoms with Gasteiger partial charge in [-0.1, -0.05) is 27.7 Å². The zero-order chi connectivity index (χ0) is 27.8. The van der Waals surface area contributed by atoms with E-state index in [2.05, 4.69) is 39.1 Å². The monoisotopic (exact) mass is 656 g/mol. The summed E-state index contributed by atoms with van der Waals surface area (Å²) in [4.78, 5) is 46.1. The molecule has 1 aliphatic heterocycles. The van der Waals surface area contributed by atoms with E-state index in [4.69, 9.17) is 0 Å². The Morgan fingerprint density at radius 2 is 1.53 bits per heavy atom. The van der Waals surface area contributed by atoms with Crippen LogP contribution in [0.2, 0.25) is 0 Å². The summed E-state index contributed by atoms with van der Waals surface area (Å²) in [5, 5.41) is 1.01. The molecular weight excluding hydrogens is 605 g/mol. The SMILES string of the molecule is CC.CC[C@@H](CS)C(=O)CC[C@@H](CS)C(C)=O.CC[C@H]1CSCSC[C@@H](C(C)=O)CCC1=O.[CH2-]C.[Y]. The maximum Gasteiger partial charge on any atom is 0.136 e. The molecule has 36 heavy (non-hydrogen) atoms. The van der Waals surface area contributed by atoms with Crippen LogP contribution in [0, 0.1) is 30.6 Å². The summed E-state index contributed by atoms with van der Waals surface area (Å²) >= 11 is 11.9. The number of carbonyl (C=O) groups excluding carboxylic acids is 4. The number of thiol groups is 2. The predicted octanol–water partition coefficient (Wildman–Crippen LogP) is 7.30. The Kier molecular flexibility index (Phi) is 37.7. The zero-order valence-corrected chi connectivity index (χ0v) is 30.0. The van der Waals surface area contributed by atoms with Gasteiger partial charge in [-0.15, -0.1) is 0 Å². The molecule has 1 saturated heterocycles. The summed E-state index contributed by atoms with van der Waals surface area (Å²) in [6, 6.07) is 0. The quantitative estimate of drug-likeness (QED) is 0.190. The van der Waals surface area contributed by atoms with Crippen molar-refractivity contribution in [3.05, 3.63) is 6.92 Å². The average molecular weight is 657 g/mol. The van der Waals surface area contributed by atoms with Crippen molar-refractivity contribution in [3.63, 3.8) is 0 Å². The first kappa shape index (κ1) is 44.2. The third kappa shape index (κ3) is 22.0. The minimum Gasteiger partial charge on any atom is -0.346 e. The molecule has 4 nitrogen and oxygen atoms in total. The molecule has 0 amide bonds. The smallest absolute Gasteiger partial charge is 0.136 e. The molecule has 1 aliphatic rings. The third-order valence-corrected chi connectivity index (χ3v) is 9.26. The van der Waals surface area contributed by atoms with Gasteiger partial charge in [-0.3, -0.25) is 19.2 Å². The normalized spacial score (nSPS) is 19.2. The van der Waals surface area contributed by atoms with Crippen LogP contribution < -0.4 is 0 Å². The van der Waals surface area contributed by atoms with E-state index in [1.165, 1.54) is 0 Å². The predicted molar refractivity (Wildman–Crippen MR) is 164 cm³/mol. The van der Waals surface area contributed by atoms with Gasteiger partial charge < -0.3 is 6.92 Å². The summed E-state index contributed by atoms with van der Waals surface area (Å²) in [6.07, 6.45) is 4.20. The molecule has 1 fully saturated rings. The molecule has 9 heteroatoms. The first-order valence-corrected chi connectivity index (χ1v) is 16.4. The largest absolute Gasteiger partial charge is 0.346 e. The summed E-state index contributed by atoms with van der Waals surface area (Å²) in [6.45, 7) is 16.3.